The molecule has 0 saturated heterocycles. The van der Waals surface area contributed by atoms with Gasteiger partial charge in [0.15, 0.2) is 0 Å². The molecule has 0 aromatic rings. The quantitative estimate of drug-likeness (QED) is 0.487. The monoisotopic (exact) mass is 138 g/mol. The zero-order valence-electron chi connectivity index (χ0n) is 7.19. The second-order valence-corrected chi connectivity index (χ2v) is 3.71. The van der Waals surface area contributed by atoms with E-state index < -0.39 is 0 Å². The van der Waals surface area contributed by atoms with Crippen molar-refractivity contribution in [1.82, 2.24) is 0 Å². The van der Waals surface area contributed by atoms with Gasteiger partial charge in [-0.05, 0) is 25.2 Å². The first kappa shape index (κ1) is 7.84. The fourth-order valence-corrected chi connectivity index (χ4v) is 2.05. The van der Waals surface area contributed by atoms with Crippen LogP contribution in [0.5, 0.6) is 0 Å². The molecule has 0 spiro atoms. The highest BCUT2D eigenvalue weighted by molar-refractivity contribution is 4.99. The third kappa shape index (κ3) is 1.62. The van der Waals surface area contributed by atoms with Crippen molar-refractivity contribution in [3.05, 3.63) is 12.2 Å². The van der Waals surface area contributed by atoms with Crippen LogP contribution in [-0.4, -0.2) is 0 Å². The molecule has 0 aliphatic heterocycles. The van der Waals surface area contributed by atoms with Gasteiger partial charge in [-0.3, -0.25) is 0 Å². The first-order valence-corrected chi connectivity index (χ1v) is 4.37. The summed E-state index contributed by atoms with van der Waals surface area (Å²) in [4.78, 5) is 0. The lowest BCUT2D eigenvalue weighted by Gasteiger charge is -2.28. The van der Waals surface area contributed by atoms with Crippen molar-refractivity contribution in [2.24, 2.45) is 11.8 Å². The lowest BCUT2D eigenvalue weighted by Crippen LogP contribution is -2.16. The Balaban J connectivity index is 2.47. The van der Waals surface area contributed by atoms with E-state index in [-0.39, 0.29) is 0 Å². The molecule has 0 aromatic heterocycles. The first-order chi connectivity index (χ1) is 4.72. The molecule has 2 unspecified atom stereocenters. The van der Waals surface area contributed by atoms with Crippen molar-refractivity contribution >= 4 is 0 Å². The van der Waals surface area contributed by atoms with E-state index in [4.69, 9.17) is 0 Å². The smallest absolute Gasteiger partial charge is 0.0183 e. The van der Waals surface area contributed by atoms with Gasteiger partial charge in [0.1, 0.15) is 0 Å². The fourth-order valence-electron chi connectivity index (χ4n) is 2.05. The van der Waals surface area contributed by atoms with E-state index in [1.54, 1.807) is 0 Å². The zero-order valence-corrected chi connectivity index (χ0v) is 7.19. The second kappa shape index (κ2) is 3.23. The molecule has 0 N–H and O–H groups in total. The van der Waals surface area contributed by atoms with Crippen LogP contribution in [0.4, 0.5) is 0 Å². The highest BCUT2D eigenvalue weighted by atomic mass is 14.3. The topological polar surface area (TPSA) is 0 Å². The van der Waals surface area contributed by atoms with Crippen LogP contribution < -0.4 is 0 Å². The van der Waals surface area contributed by atoms with E-state index in [9.17, 15) is 0 Å². The van der Waals surface area contributed by atoms with Gasteiger partial charge in [-0.1, -0.05) is 38.3 Å². The van der Waals surface area contributed by atoms with E-state index in [1.165, 1.54) is 31.3 Å². The molecule has 2 atom stereocenters. The lowest BCUT2D eigenvalue weighted by atomic mass is 9.77. The fraction of sp³-hybridized carbons (Fsp3) is 0.800. The average molecular weight is 138 g/mol. The highest BCUT2D eigenvalue weighted by Crippen LogP contribution is 2.33. The van der Waals surface area contributed by atoms with Crippen LogP contribution >= 0.6 is 0 Å². The molecular weight excluding hydrogens is 120 g/mol. The molecule has 0 radical (unpaired) electrons. The summed E-state index contributed by atoms with van der Waals surface area (Å²) in [6, 6.07) is 0. The molecule has 1 fully saturated rings. The van der Waals surface area contributed by atoms with E-state index in [0.717, 1.165) is 11.8 Å². The molecule has 10 heavy (non-hydrogen) atoms. The lowest BCUT2D eigenvalue weighted by molar-refractivity contribution is 0.294. The third-order valence-electron chi connectivity index (χ3n) is 2.74. The summed E-state index contributed by atoms with van der Waals surface area (Å²) in [5.41, 5.74) is 1.40. The van der Waals surface area contributed by atoms with Gasteiger partial charge in [0.25, 0.3) is 0 Å². The van der Waals surface area contributed by atoms with Crippen LogP contribution in [0.15, 0.2) is 12.2 Å². The maximum Gasteiger partial charge on any atom is -0.0183 e. The van der Waals surface area contributed by atoms with E-state index in [0.29, 0.717) is 0 Å². The van der Waals surface area contributed by atoms with Crippen LogP contribution in [0.2, 0.25) is 0 Å². The molecular formula is C10H18. The molecule has 1 rings (SSSR count). The predicted molar refractivity (Wildman–Crippen MR) is 45.9 cm³/mol. The molecule has 0 heterocycles. The Morgan fingerprint density at radius 1 is 1.30 bits per heavy atom. The molecule has 58 valence electrons. The maximum atomic E-state index is 4.03. The van der Waals surface area contributed by atoms with Gasteiger partial charge >= 0.3 is 0 Å². The number of hydrogen-bond acceptors (Lipinski definition) is 0. The summed E-state index contributed by atoms with van der Waals surface area (Å²) in [5.74, 6) is 1.72. The Kier molecular flexibility index (Phi) is 2.53. The Hall–Kier alpha value is -0.260. The van der Waals surface area contributed by atoms with Gasteiger partial charge in [-0.25, -0.2) is 0 Å². The molecule has 1 aliphatic rings. The van der Waals surface area contributed by atoms with Gasteiger partial charge in [-0.15, -0.1) is 0 Å². The highest BCUT2D eigenvalue weighted by Gasteiger charge is 2.20. The second-order valence-electron chi connectivity index (χ2n) is 3.71. The van der Waals surface area contributed by atoms with Gasteiger partial charge in [-0.2, -0.15) is 0 Å². The van der Waals surface area contributed by atoms with Crippen LogP contribution in [0, 0.1) is 11.8 Å². The minimum Gasteiger partial charge on any atom is -0.0999 e. The van der Waals surface area contributed by atoms with Gasteiger partial charge in [0, 0.05) is 0 Å². The van der Waals surface area contributed by atoms with Crippen LogP contribution in [-0.2, 0) is 0 Å². The van der Waals surface area contributed by atoms with Crippen molar-refractivity contribution < 1.29 is 0 Å². The van der Waals surface area contributed by atoms with Crippen molar-refractivity contribution in [3.63, 3.8) is 0 Å². The van der Waals surface area contributed by atoms with E-state index in [2.05, 4.69) is 20.4 Å². The third-order valence-corrected chi connectivity index (χ3v) is 2.74. The van der Waals surface area contributed by atoms with Crippen LogP contribution in [0.1, 0.15) is 39.5 Å². The summed E-state index contributed by atoms with van der Waals surface area (Å²) < 4.78 is 0. The SMILES string of the molecule is C=C(C)C1CCCCC1C. The van der Waals surface area contributed by atoms with E-state index >= 15 is 0 Å². The van der Waals surface area contributed by atoms with Gasteiger partial charge in [0.2, 0.25) is 0 Å². The largest absolute Gasteiger partial charge is 0.0999 e. The van der Waals surface area contributed by atoms with Crippen molar-refractivity contribution in [2.75, 3.05) is 0 Å². The molecule has 1 aliphatic carbocycles. The molecule has 0 bridgehead atoms. The predicted octanol–water partition coefficient (Wildman–Crippen LogP) is 3.39. The Morgan fingerprint density at radius 3 is 2.30 bits per heavy atom. The van der Waals surface area contributed by atoms with Crippen molar-refractivity contribution in [3.8, 4) is 0 Å². The average Bonchev–Trinajstić information content (AvgIpc) is 1.88. The number of rotatable bonds is 1. The molecule has 0 heteroatoms. The zero-order chi connectivity index (χ0) is 7.56. The minimum atomic E-state index is 0.828. The minimum absolute atomic E-state index is 0.828. The summed E-state index contributed by atoms with van der Waals surface area (Å²) in [6.45, 7) is 8.56. The van der Waals surface area contributed by atoms with Crippen molar-refractivity contribution in [2.45, 2.75) is 39.5 Å². The summed E-state index contributed by atoms with van der Waals surface area (Å²) in [7, 11) is 0. The van der Waals surface area contributed by atoms with Crippen molar-refractivity contribution in [1.29, 1.82) is 0 Å². The van der Waals surface area contributed by atoms with Crippen LogP contribution in [0.3, 0.4) is 0 Å². The first-order valence-electron chi connectivity index (χ1n) is 4.37. The normalized spacial score (nSPS) is 33.8. The Bertz CT molecular complexity index is 124. The maximum absolute atomic E-state index is 4.03. The molecule has 1 saturated carbocycles. The molecule has 0 nitrogen and oxygen atoms in total. The van der Waals surface area contributed by atoms with Gasteiger partial charge in [0.05, 0.1) is 0 Å². The van der Waals surface area contributed by atoms with Gasteiger partial charge < -0.3 is 0 Å². The Morgan fingerprint density at radius 2 is 1.90 bits per heavy atom. The summed E-state index contributed by atoms with van der Waals surface area (Å²) >= 11 is 0. The van der Waals surface area contributed by atoms with Crippen LogP contribution in [0.25, 0.3) is 0 Å². The molecule has 0 amide bonds. The van der Waals surface area contributed by atoms with E-state index in [1.807, 2.05) is 0 Å². The standard InChI is InChI=1S/C10H18/c1-8(2)10-7-5-4-6-9(10)3/h9-10H,1,4-7H2,2-3H3. The Labute approximate surface area is 64.3 Å². The number of allylic oxidation sites excluding steroid dienone is 1. The molecule has 0 aromatic carbocycles. The summed E-state index contributed by atoms with van der Waals surface area (Å²) in [5, 5.41) is 0. The summed E-state index contributed by atoms with van der Waals surface area (Å²) in [6.07, 6.45) is 5.65. The number of hydrogen-bond donors (Lipinski definition) is 0.